The number of nitrogens with one attached hydrogen (secondary N) is 2. The summed E-state index contributed by atoms with van der Waals surface area (Å²) in [5, 5.41) is 5.99. The number of carbonyl (C=O) groups excluding carboxylic acids is 3. The van der Waals surface area contributed by atoms with Crippen LogP contribution in [0.15, 0.2) is 59.0 Å². The topological polar surface area (TPSA) is 141 Å². The Kier molecular flexibility index (Phi) is 8.95. The molecule has 12 heteroatoms. The van der Waals surface area contributed by atoms with E-state index < -0.39 is 12.1 Å². The molecule has 12 nitrogen and oxygen atoms in total. The number of hydrogen-bond donors (Lipinski definition) is 2. The third-order valence-electron chi connectivity index (χ3n) is 8.17. The molecule has 2 N–H and O–H groups in total. The first-order chi connectivity index (χ1) is 22.3. The Morgan fingerprint density at radius 1 is 0.978 bits per heavy atom. The molecular weight excluding hydrogens is 592 g/mol. The van der Waals surface area contributed by atoms with Crippen LogP contribution in [0, 0.1) is 6.92 Å². The zero-order valence-electron chi connectivity index (χ0n) is 26.0. The van der Waals surface area contributed by atoms with Crippen molar-refractivity contribution in [2.75, 3.05) is 33.9 Å². The first-order valence-corrected chi connectivity index (χ1v) is 15.2. The summed E-state index contributed by atoms with van der Waals surface area (Å²) < 4.78 is 29.0. The number of benzene rings is 3. The molecule has 240 valence electrons. The molecule has 0 spiro atoms. The number of amides is 3. The normalized spacial score (nSPS) is 19.0. The van der Waals surface area contributed by atoms with E-state index in [-0.39, 0.29) is 43.8 Å². The number of methoxy groups -OCH3 is 2. The summed E-state index contributed by atoms with van der Waals surface area (Å²) >= 11 is 0. The van der Waals surface area contributed by atoms with Crippen molar-refractivity contribution in [1.82, 2.24) is 20.5 Å². The van der Waals surface area contributed by atoms with Crippen LogP contribution in [0.1, 0.15) is 40.2 Å². The van der Waals surface area contributed by atoms with E-state index in [1.165, 1.54) is 7.11 Å². The summed E-state index contributed by atoms with van der Waals surface area (Å²) in [5.41, 5.74) is 3.34. The Labute approximate surface area is 266 Å². The van der Waals surface area contributed by atoms with Crippen molar-refractivity contribution >= 4 is 28.8 Å². The van der Waals surface area contributed by atoms with Crippen LogP contribution in [0.4, 0.5) is 0 Å². The molecule has 0 radical (unpaired) electrons. The molecule has 3 aliphatic rings. The van der Waals surface area contributed by atoms with Crippen LogP contribution in [0.5, 0.6) is 23.0 Å². The molecule has 0 saturated carbocycles. The molecule has 4 heterocycles. The predicted octanol–water partition coefficient (Wildman–Crippen LogP) is 3.57. The number of ether oxygens (including phenoxy) is 4. The molecule has 7 rings (SSSR count). The average Bonchev–Trinajstić information content (AvgIpc) is 3.45. The minimum Gasteiger partial charge on any atom is -0.496 e. The SMILES string of the molecule is COc1cc2ccc1CNC(=O)CCc1ccc(OC)c(c1)OCC(=O)N[C@@H]1CN(C(=O)c3ccc4nc(C)oc4c3)CC[C@@H]1O2. The lowest BCUT2D eigenvalue weighted by Gasteiger charge is -2.39. The minimum absolute atomic E-state index is 0.113. The number of rotatable bonds is 3. The van der Waals surface area contributed by atoms with Gasteiger partial charge < -0.3 is 38.9 Å². The largest absolute Gasteiger partial charge is 0.496 e. The number of hydrogen-bond acceptors (Lipinski definition) is 9. The highest BCUT2D eigenvalue weighted by atomic mass is 16.5. The number of oxazole rings is 1. The van der Waals surface area contributed by atoms with Gasteiger partial charge in [0.1, 0.15) is 23.1 Å². The van der Waals surface area contributed by atoms with Gasteiger partial charge in [-0.1, -0.05) is 6.07 Å². The molecule has 1 aromatic heterocycles. The van der Waals surface area contributed by atoms with Gasteiger partial charge in [-0.25, -0.2) is 4.98 Å². The van der Waals surface area contributed by atoms with E-state index >= 15 is 0 Å². The lowest BCUT2D eigenvalue weighted by atomic mass is 10.0. The quantitative estimate of drug-likeness (QED) is 0.348. The highest BCUT2D eigenvalue weighted by molar-refractivity contribution is 5.97. The molecule has 3 aliphatic heterocycles. The van der Waals surface area contributed by atoms with Crippen molar-refractivity contribution in [2.45, 2.75) is 44.9 Å². The smallest absolute Gasteiger partial charge is 0.258 e. The van der Waals surface area contributed by atoms with Crippen molar-refractivity contribution in [1.29, 1.82) is 0 Å². The maximum absolute atomic E-state index is 13.6. The number of likely N-dealkylation sites (tertiary alicyclic amines) is 1. The Balaban J connectivity index is 1.27. The zero-order chi connectivity index (χ0) is 32.2. The molecule has 4 bridgehead atoms. The van der Waals surface area contributed by atoms with Crippen LogP contribution >= 0.6 is 0 Å². The van der Waals surface area contributed by atoms with Crippen LogP contribution in [-0.4, -0.2) is 73.7 Å². The van der Waals surface area contributed by atoms with Gasteiger partial charge in [0.15, 0.2) is 29.6 Å². The minimum atomic E-state index is -0.551. The molecule has 0 unspecified atom stereocenters. The van der Waals surface area contributed by atoms with E-state index in [9.17, 15) is 14.4 Å². The van der Waals surface area contributed by atoms with E-state index in [2.05, 4.69) is 15.6 Å². The number of nitrogens with zero attached hydrogens (tertiary/aromatic N) is 2. The maximum atomic E-state index is 13.6. The highest BCUT2D eigenvalue weighted by Crippen LogP contribution is 2.30. The molecule has 1 fully saturated rings. The van der Waals surface area contributed by atoms with Crippen molar-refractivity contribution in [2.24, 2.45) is 0 Å². The second-order valence-corrected chi connectivity index (χ2v) is 11.3. The molecule has 1 saturated heterocycles. The Hall–Kier alpha value is -5.26. The third kappa shape index (κ3) is 6.85. The summed E-state index contributed by atoms with van der Waals surface area (Å²) in [6.45, 7) is 2.38. The maximum Gasteiger partial charge on any atom is 0.258 e. The van der Waals surface area contributed by atoms with E-state index in [1.807, 2.05) is 18.2 Å². The van der Waals surface area contributed by atoms with Crippen molar-refractivity contribution in [3.63, 3.8) is 0 Å². The summed E-state index contributed by atoms with van der Waals surface area (Å²) in [5.74, 6) is 1.80. The monoisotopic (exact) mass is 628 g/mol. The van der Waals surface area contributed by atoms with E-state index in [4.69, 9.17) is 23.4 Å². The molecule has 3 amide bonds. The molecule has 46 heavy (non-hydrogen) atoms. The van der Waals surface area contributed by atoms with Gasteiger partial charge in [0.2, 0.25) is 5.91 Å². The van der Waals surface area contributed by atoms with Gasteiger partial charge in [-0.3, -0.25) is 14.4 Å². The van der Waals surface area contributed by atoms with Gasteiger partial charge in [-0.2, -0.15) is 0 Å². The van der Waals surface area contributed by atoms with E-state index in [1.54, 1.807) is 55.3 Å². The lowest BCUT2D eigenvalue weighted by Crippen LogP contribution is -2.58. The Bertz CT molecular complexity index is 1770. The average molecular weight is 629 g/mol. The first-order valence-electron chi connectivity index (χ1n) is 15.2. The molecule has 3 aromatic carbocycles. The van der Waals surface area contributed by atoms with Crippen LogP contribution in [-0.2, 0) is 22.6 Å². The second-order valence-electron chi connectivity index (χ2n) is 11.3. The number of fused-ring (bicyclic) bond motifs is 10. The number of piperidine rings is 1. The Morgan fingerprint density at radius 3 is 2.65 bits per heavy atom. The standard InChI is InChI=1S/C34H36N4O8/c1-20-36-25-9-7-22(15-30(25)45-20)34(41)38-13-12-27-26(18-38)37-33(40)19-44-31-14-21(4-10-28(31)42-2)5-11-32(39)35-17-23-6-8-24(46-27)16-29(23)43-3/h4,6-10,14-16,26-27H,5,11-13,17-19H2,1-3H3,(H,35,39)(H,37,40)/t26-,27+/m1/s1. The fourth-order valence-corrected chi connectivity index (χ4v) is 5.79. The van der Waals surface area contributed by atoms with E-state index in [0.717, 1.165) is 11.1 Å². The number of carbonyl (C=O) groups is 3. The van der Waals surface area contributed by atoms with Crippen molar-refractivity contribution in [3.8, 4) is 23.0 Å². The lowest BCUT2D eigenvalue weighted by molar-refractivity contribution is -0.125. The fourth-order valence-electron chi connectivity index (χ4n) is 5.79. The summed E-state index contributed by atoms with van der Waals surface area (Å²) in [4.78, 5) is 45.6. The predicted molar refractivity (Wildman–Crippen MR) is 167 cm³/mol. The van der Waals surface area contributed by atoms with Crippen molar-refractivity contribution < 1.29 is 37.7 Å². The van der Waals surface area contributed by atoms with Crippen molar-refractivity contribution in [3.05, 3.63) is 77.2 Å². The molecule has 0 aliphatic carbocycles. The van der Waals surface area contributed by atoms with Gasteiger partial charge in [0.25, 0.3) is 11.8 Å². The van der Waals surface area contributed by atoms with Gasteiger partial charge in [-0.05, 0) is 54.4 Å². The van der Waals surface area contributed by atoms with E-state index in [0.29, 0.717) is 64.9 Å². The number of aryl methyl sites for hydroxylation is 2. The highest BCUT2D eigenvalue weighted by Gasteiger charge is 2.35. The van der Waals surface area contributed by atoms with Crippen LogP contribution in [0.2, 0.25) is 0 Å². The van der Waals surface area contributed by atoms with Gasteiger partial charge in [0, 0.05) is 56.6 Å². The number of aromatic nitrogens is 1. The Morgan fingerprint density at radius 2 is 1.83 bits per heavy atom. The van der Waals surface area contributed by atoms with Gasteiger partial charge in [0.05, 0.1) is 20.3 Å². The third-order valence-corrected chi connectivity index (χ3v) is 8.17. The second kappa shape index (κ2) is 13.4. The van der Waals surface area contributed by atoms with Crippen LogP contribution < -0.4 is 29.6 Å². The van der Waals surface area contributed by atoms with Crippen LogP contribution in [0.25, 0.3) is 11.1 Å². The van der Waals surface area contributed by atoms with Gasteiger partial charge >= 0.3 is 0 Å². The van der Waals surface area contributed by atoms with Crippen LogP contribution in [0.3, 0.4) is 0 Å². The first kappa shape index (κ1) is 30.8. The van der Waals surface area contributed by atoms with Gasteiger partial charge in [-0.15, -0.1) is 0 Å². The molecular formula is C34H36N4O8. The fraction of sp³-hybridized carbons (Fsp3) is 0.353. The molecule has 2 atom stereocenters. The summed E-state index contributed by atoms with van der Waals surface area (Å²) in [7, 11) is 3.08. The summed E-state index contributed by atoms with van der Waals surface area (Å²) in [6.07, 6.45) is 0.735. The molecule has 4 aromatic rings. The zero-order valence-corrected chi connectivity index (χ0v) is 26.0. The summed E-state index contributed by atoms with van der Waals surface area (Å²) in [6, 6.07) is 15.4.